The highest BCUT2D eigenvalue weighted by Gasteiger charge is 2.30. The predicted molar refractivity (Wildman–Crippen MR) is 108 cm³/mol. The van der Waals surface area contributed by atoms with Gasteiger partial charge in [0.25, 0.3) is 0 Å². The molecule has 0 amide bonds. The van der Waals surface area contributed by atoms with E-state index in [1.807, 2.05) is 0 Å². The van der Waals surface area contributed by atoms with Gasteiger partial charge in [-0.3, -0.25) is 4.40 Å². The lowest BCUT2D eigenvalue weighted by Gasteiger charge is -2.06. The zero-order valence-electron chi connectivity index (χ0n) is 15.8. The van der Waals surface area contributed by atoms with E-state index < -0.39 is 22.4 Å². The Kier molecular flexibility index (Phi) is 4.88. The van der Waals surface area contributed by atoms with Crippen molar-refractivity contribution >= 4 is 42.6 Å². The van der Waals surface area contributed by atoms with Gasteiger partial charge in [0.15, 0.2) is 26.3 Å². The van der Waals surface area contributed by atoms with Crippen LogP contribution in [-0.4, -0.2) is 44.3 Å². The van der Waals surface area contributed by atoms with Crippen LogP contribution in [0.5, 0.6) is 0 Å². The van der Waals surface area contributed by atoms with Gasteiger partial charge in [0.2, 0.25) is 0 Å². The smallest absolute Gasteiger partial charge is 0.310 e. The summed E-state index contributed by atoms with van der Waals surface area (Å²) in [6.45, 7) is 1.52. The summed E-state index contributed by atoms with van der Waals surface area (Å²) in [5.74, 6) is 0.0478. The molecule has 4 heterocycles. The maximum absolute atomic E-state index is 12.9. The Balaban J connectivity index is 1.98. The molecule has 0 spiro atoms. The van der Waals surface area contributed by atoms with Gasteiger partial charge in [-0.2, -0.15) is 13.2 Å². The molecule has 0 aromatic carbocycles. The molecule has 0 aliphatic carbocycles. The number of aryl methyl sites for hydroxylation is 1. The number of halogens is 4. The Bertz CT molecular complexity index is 1390. The number of pyridine rings is 2. The van der Waals surface area contributed by atoms with E-state index in [-0.39, 0.29) is 33.4 Å². The quantitative estimate of drug-likeness (QED) is 0.422. The van der Waals surface area contributed by atoms with E-state index in [1.54, 1.807) is 25.4 Å². The Morgan fingerprint density at radius 3 is 2.60 bits per heavy atom. The molecule has 0 saturated heterocycles. The minimum atomic E-state index is -4.37. The first kappa shape index (κ1) is 20.8. The normalized spacial score (nSPS) is 12.9. The molecule has 0 bridgehead atoms. The first-order valence-corrected chi connectivity index (χ1v) is 11.2. The number of sulfone groups is 1. The first-order valence-electron chi connectivity index (χ1n) is 8.79. The van der Waals surface area contributed by atoms with Crippen LogP contribution < -0.4 is 0 Å². The molecule has 0 atom stereocenters. The average molecular weight is 502 g/mol. The van der Waals surface area contributed by atoms with Crippen LogP contribution in [0.2, 0.25) is 0 Å². The summed E-state index contributed by atoms with van der Waals surface area (Å²) in [6, 6.07) is 4.69. The van der Waals surface area contributed by atoms with E-state index in [9.17, 15) is 21.6 Å². The molecule has 0 saturated carbocycles. The number of fused-ring (bicyclic) bond motifs is 2. The van der Waals surface area contributed by atoms with Gasteiger partial charge in [-0.1, -0.05) is 6.92 Å². The highest BCUT2D eigenvalue weighted by Crippen LogP contribution is 2.31. The predicted octanol–water partition coefficient (Wildman–Crippen LogP) is 3.94. The van der Waals surface area contributed by atoms with Crippen LogP contribution in [0.4, 0.5) is 13.2 Å². The molecule has 0 fully saturated rings. The summed E-state index contributed by atoms with van der Waals surface area (Å²) in [4.78, 5) is 12.9. The maximum Gasteiger partial charge on any atom is 0.393 e. The second-order valence-corrected chi connectivity index (χ2v) is 9.83. The first-order chi connectivity index (χ1) is 14.0. The van der Waals surface area contributed by atoms with E-state index in [1.165, 1.54) is 22.0 Å². The second kappa shape index (κ2) is 7.05. The molecule has 4 aromatic rings. The molecule has 4 aromatic heterocycles. The number of imidazole rings is 2. The van der Waals surface area contributed by atoms with E-state index in [0.717, 1.165) is 6.20 Å². The van der Waals surface area contributed by atoms with Crippen LogP contribution in [-0.2, 0) is 23.3 Å². The van der Waals surface area contributed by atoms with Gasteiger partial charge in [-0.15, -0.1) is 0 Å². The van der Waals surface area contributed by atoms with Crippen molar-refractivity contribution in [2.75, 3.05) is 5.75 Å². The molecule has 0 unspecified atom stereocenters. The van der Waals surface area contributed by atoms with Crippen molar-refractivity contribution in [2.45, 2.75) is 24.5 Å². The lowest BCUT2D eigenvalue weighted by Crippen LogP contribution is -2.11. The molecule has 7 nitrogen and oxygen atoms in total. The zero-order chi connectivity index (χ0) is 21.8. The molecular formula is C18H15BrF3N5O2S. The van der Waals surface area contributed by atoms with Crippen molar-refractivity contribution in [3.8, 4) is 11.5 Å². The fourth-order valence-electron chi connectivity index (χ4n) is 3.23. The minimum absolute atomic E-state index is 0.0278. The SMILES string of the molecule is CCS(=O)(=O)c1c(-c2nc3cc(CC(F)(F)F)cnc3n2C)nc2ccc(Br)cn12. The third kappa shape index (κ3) is 3.58. The number of nitrogens with zero attached hydrogens (tertiary/aromatic N) is 5. The fourth-order valence-corrected chi connectivity index (χ4v) is 4.72. The third-order valence-corrected chi connectivity index (χ3v) is 6.80. The van der Waals surface area contributed by atoms with Crippen LogP contribution in [0, 0.1) is 0 Å². The van der Waals surface area contributed by atoms with Crippen LogP contribution in [0.15, 0.2) is 40.1 Å². The molecular weight excluding hydrogens is 487 g/mol. The molecule has 0 aliphatic heterocycles. The van der Waals surface area contributed by atoms with Crippen LogP contribution >= 0.6 is 15.9 Å². The molecule has 4 rings (SSSR count). The number of alkyl halides is 3. The minimum Gasteiger partial charge on any atom is -0.310 e. The van der Waals surface area contributed by atoms with Crippen molar-refractivity contribution in [1.29, 1.82) is 0 Å². The van der Waals surface area contributed by atoms with Gasteiger partial charge in [-0.25, -0.2) is 23.4 Å². The zero-order valence-corrected chi connectivity index (χ0v) is 18.2. The van der Waals surface area contributed by atoms with E-state index in [0.29, 0.717) is 15.8 Å². The van der Waals surface area contributed by atoms with Crippen molar-refractivity contribution < 1.29 is 21.6 Å². The van der Waals surface area contributed by atoms with Crippen molar-refractivity contribution in [2.24, 2.45) is 7.05 Å². The topological polar surface area (TPSA) is 82.1 Å². The molecule has 158 valence electrons. The Morgan fingerprint density at radius 1 is 1.20 bits per heavy atom. The van der Waals surface area contributed by atoms with Gasteiger partial charge < -0.3 is 4.57 Å². The van der Waals surface area contributed by atoms with Gasteiger partial charge >= 0.3 is 6.18 Å². The summed E-state index contributed by atoms with van der Waals surface area (Å²) in [7, 11) is -2.09. The van der Waals surface area contributed by atoms with Crippen molar-refractivity contribution in [1.82, 2.24) is 23.9 Å². The van der Waals surface area contributed by atoms with Crippen molar-refractivity contribution in [3.05, 3.63) is 40.6 Å². The molecule has 0 radical (unpaired) electrons. The van der Waals surface area contributed by atoms with Crippen LogP contribution in [0.3, 0.4) is 0 Å². The second-order valence-electron chi connectivity index (χ2n) is 6.72. The third-order valence-electron chi connectivity index (χ3n) is 4.60. The van der Waals surface area contributed by atoms with Gasteiger partial charge in [0, 0.05) is 23.9 Å². The molecule has 30 heavy (non-hydrogen) atoms. The Morgan fingerprint density at radius 2 is 1.93 bits per heavy atom. The highest BCUT2D eigenvalue weighted by molar-refractivity contribution is 9.10. The monoisotopic (exact) mass is 501 g/mol. The Labute approximate surface area is 177 Å². The molecule has 0 N–H and O–H groups in total. The lowest BCUT2D eigenvalue weighted by atomic mass is 10.2. The number of aromatic nitrogens is 5. The summed E-state index contributed by atoms with van der Waals surface area (Å²) >= 11 is 3.33. The maximum atomic E-state index is 12.9. The summed E-state index contributed by atoms with van der Waals surface area (Å²) in [6.07, 6.45) is -2.76. The van der Waals surface area contributed by atoms with E-state index >= 15 is 0 Å². The van der Waals surface area contributed by atoms with E-state index in [4.69, 9.17) is 0 Å². The average Bonchev–Trinajstić information content (AvgIpc) is 3.18. The number of rotatable bonds is 4. The Hall–Kier alpha value is -2.47. The van der Waals surface area contributed by atoms with Gasteiger partial charge in [0.05, 0.1) is 12.2 Å². The number of hydrogen-bond donors (Lipinski definition) is 0. The highest BCUT2D eigenvalue weighted by atomic mass is 79.9. The van der Waals surface area contributed by atoms with Crippen molar-refractivity contribution in [3.63, 3.8) is 0 Å². The van der Waals surface area contributed by atoms with Gasteiger partial charge in [0.1, 0.15) is 16.9 Å². The summed E-state index contributed by atoms with van der Waals surface area (Å²) < 4.78 is 67.6. The van der Waals surface area contributed by atoms with Crippen LogP contribution in [0.1, 0.15) is 12.5 Å². The molecule has 12 heteroatoms. The molecule has 0 aliphatic rings. The summed E-state index contributed by atoms with van der Waals surface area (Å²) in [5.41, 5.74) is 1.05. The lowest BCUT2D eigenvalue weighted by molar-refractivity contribution is -0.127. The number of hydrogen-bond acceptors (Lipinski definition) is 5. The summed E-state index contributed by atoms with van der Waals surface area (Å²) in [5, 5.41) is -0.0322. The van der Waals surface area contributed by atoms with Gasteiger partial charge in [-0.05, 0) is 39.7 Å². The van der Waals surface area contributed by atoms with E-state index in [2.05, 4.69) is 30.9 Å². The standard InChI is InChI=1S/C18H15BrF3N5O2S/c1-3-30(28,29)17-14(25-13-5-4-11(19)9-27(13)17)16-24-12-6-10(7-18(20,21)22)8-23-15(12)26(16)2/h4-6,8-9H,3,7H2,1-2H3. The largest absolute Gasteiger partial charge is 0.393 e. The van der Waals surface area contributed by atoms with Crippen LogP contribution in [0.25, 0.3) is 28.3 Å². The fraction of sp³-hybridized carbons (Fsp3) is 0.278.